The summed E-state index contributed by atoms with van der Waals surface area (Å²) in [5.74, 6) is -0.817. The Hall–Kier alpha value is -3.36. The largest absolute Gasteiger partial charge is 0.458 e. The zero-order valence-corrected chi connectivity index (χ0v) is 27.4. The minimum Gasteiger partial charge on any atom is -0.458 e. The van der Waals surface area contributed by atoms with E-state index >= 15 is 0 Å². The Balaban J connectivity index is 1.80. The molecule has 1 fully saturated rings. The number of aliphatic hydroxyl groups excluding tert-OH is 2. The lowest BCUT2D eigenvalue weighted by Gasteiger charge is -2.21. The highest BCUT2D eigenvalue weighted by Gasteiger charge is 2.39. The van der Waals surface area contributed by atoms with E-state index in [1.54, 1.807) is 0 Å². The molecule has 0 unspecified atom stereocenters. The van der Waals surface area contributed by atoms with Crippen LogP contribution < -0.4 is 5.32 Å². The van der Waals surface area contributed by atoms with Crippen LogP contribution in [0.1, 0.15) is 57.4 Å². The second-order valence-electron chi connectivity index (χ2n) is 11.2. The van der Waals surface area contributed by atoms with E-state index in [9.17, 15) is 29.9 Å². The molecule has 0 bridgehead atoms. The standard InChI is InChI=1S/C34H52N2O11/c1-2-35-33(39)13-9-4-3-8-12-29-30(32(38)26-31(29)37)17-16-28(15-14-27-10-6-5-7-11-27)47-34(40)18-19-43-20-21-44-22-23-45-24-25-46-36(41)42/h3,5-8,10-11,16-17,28-32,37-38H,2,4,9,12-15,18-26H2,1H3,(H,35,39)/b8-3-,17-16+/t28-,29+,30+,31-,32-/m0/s1. The normalized spacial score (nSPS) is 20.1. The van der Waals surface area contributed by atoms with E-state index < -0.39 is 29.4 Å². The molecule has 2 rings (SSSR count). The summed E-state index contributed by atoms with van der Waals surface area (Å²) in [5, 5.41) is 33.3. The van der Waals surface area contributed by atoms with Crippen molar-refractivity contribution in [1.29, 1.82) is 0 Å². The van der Waals surface area contributed by atoms with Gasteiger partial charge in [-0.2, -0.15) is 0 Å². The van der Waals surface area contributed by atoms with Gasteiger partial charge in [0.15, 0.2) is 0 Å². The number of hydrogen-bond donors (Lipinski definition) is 3. The van der Waals surface area contributed by atoms with Crippen LogP contribution in [0.25, 0.3) is 0 Å². The molecule has 0 saturated heterocycles. The van der Waals surface area contributed by atoms with E-state index in [-0.39, 0.29) is 63.6 Å². The van der Waals surface area contributed by atoms with Gasteiger partial charge in [0.2, 0.25) is 5.91 Å². The predicted molar refractivity (Wildman–Crippen MR) is 174 cm³/mol. The van der Waals surface area contributed by atoms with Gasteiger partial charge in [0.1, 0.15) is 12.7 Å². The van der Waals surface area contributed by atoms with Crippen molar-refractivity contribution in [3.8, 4) is 0 Å². The molecule has 13 nitrogen and oxygen atoms in total. The molecular weight excluding hydrogens is 612 g/mol. The number of unbranched alkanes of at least 4 members (excludes halogenated alkanes) is 1. The van der Waals surface area contributed by atoms with E-state index in [1.165, 1.54) is 0 Å². The highest BCUT2D eigenvalue weighted by Crippen LogP contribution is 2.36. The van der Waals surface area contributed by atoms with Crippen molar-refractivity contribution in [2.75, 3.05) is 52.8 Å². The van der Waals surface area contributed by atoms with Gasteiger partial charge in [-0.1, -0.05) is 48.6 Å². The maximum Gasteiger partial charge on any atom is 0.308 e. The van der Waals surface area contributed by atoms with Crippen LogP contribution in [0.15, 0.2) is 54.6 Å². The fourth-order valence-electron chi connectivity index (χ4n) is 5.24. The van der Waals surface area contributed by atoms with Gasteiger partial charge in [0, 0.05) is 25.3 Å². The molecule has 13 heteroatoms. The van der Waals surface area contributed by atoms with Crippen LogP contribution in [0.4, 0.5) is 0 Å². The summed E-state index contributed by atoms with van der Waals surface area (Å²) in [7, 11) is 0. The third-order valence-electron chi connectivity index (χ3n) is 7.65. The Morgan fingerprint density at radius 1 is 0.979 bits per heavy atom. The van der Waals surface area contributed by atoms with Gasteiger partial charge in [0.05, 0.1) is 58.3 Å². The molecule has 0 spiro atoms. The number of carbonyl (C=O) groups excluding carboxylic acids is 2. The number of amides is 1. The first-order chi connectivity index (χ1) is 22.8. The Morgan fingerprint density at radius 2 is 1.66 bits per heavy atom. The number of aliphatic hydroxyl groups is 2. The first-order valence-electron chi connectivity index (χ1n) is 16.5. The monoisotopic (exact) mass is 664 g/mol. The summed E-state index contributed by atoms with van der Waals surface area (Å²) in [5.41, 5.74) is 1.12. The van der Waals surface area contributed by atoms with Crippen molar-refractivity contribution in [2.24, 2.45) is 11.8 Å². The third-order valence-corrected chi connectivity index (χ3v) is 7.65. The van der Waals surface area contributed by atoms with Crippen molar-refractivity contribution < 1.29 is 48.7 Å². The lowest BCUT2D eigenvalue weighted by atomic mass is 9.89. The Bertz CT molecular complexity index is 1070. The molecule has 0 heterocycles. The summed E-state index contributed by atoms with van der Waals surface area (Å²) >= 11 is 0. The van der Waals surface area contributed by atoms with Gasteiger partial charge in [0.25, 0.3) is 5.09 Å². The van der Waals surface area contributed by atoms with E-state index in [2.05, 4.69) is 10.2 Å². The van der Waals surface area contributed by atoms with Crippen LogP contribution in [0, 0.1) is 22.0 Å². The van der Waals surface area contributed by atoms with Gasteiger partial charge < -0.3 is 39.3 Å². The topological polar surface area (TPSA) is 176 Å². The lowest BCUT2D eigenvalue weighted by Crippen LogP contribution is -2.22. The van der Waals surface area contributed by atoms with Crippen molar-refractivity contribution in [3.63, 3.8) is 0 Å². The van der Waals surface area contributed by atoms with Crippen LogP contribution in [-0.4, -0.2) is 98.3 Å². The van der Waals surface area contributed by atoms with Gasteiger partial charge in [-0.25, -0.2) is 0 Å². The number of nitrogens with zero attached hydrogens (tertiary/aromatic N) is 1. The smallest absolute Gasteiger partial charge is 0.308 e. The molecule has 3 N–H and O–H groups in total. The van der Waals surface area contributed by atoms with Crippen molar-refractivity contribution in [1.82, 2.24) is 5.32 Å². The average molecular weight is 665 g/mol. The van der Waals surface area contributed by atoms with Crippen molar-refractivity contribution in [3.05, 3.63) is 70.3 Å². The molecule has 1 aliphatic rings. The number of nitrogens with one attached hydrogen (secondary N) is 1. The summed E-state index contributed by atoms with van der Waals surface area (Å²) in [6.45, 7) is 3.77. The summed E-state index contributed by atoms with van der Waals surface area (Å²) in [6, 6.07) is 9.91. The number of esters is 1. The SMILES string of the molecule is CCNC(=O)CCC/C=C\C[C@@H]1[C@@H](/C=C/[C@H](CCc2ccccc2)OC(=O)CCOCCOCCOCCO[N+](=O)[O-])[C@@H](O)C[C@@H]1O. The highest BCUT2D eigenvalue weighted by molar-refractivity contribution is 5.75. The molecule has 1 aromatic carbocycles. The third kappa shape index (κ3) is 18.5. The molecule has 5 atom stereocenters. The summed E-state index contributed by atoms with van der Waals surface area (Å²) < 4.78 is 21.8. The number of rotatable bonds is 26. The number of allylic oxidation sites excluding steroid dienone is 2. The van der Waals surface area contributed by atoms with E-state index in [0.29, 0.717) is 45.4 Å². The second kappa shape index (κ2) is 24.8. The molecule has 0 aromatic heterocycles. The Morgan fingerprint density at radius 3 is 2.34 bits per heavy atom. The van der Waals surface area contributed by atoms with Crippen LogP contribution in [0.5, 0.6) is 0 Å². The Labute approximate surface area is 277 Å². The van der Waals surface area contributed by atoms with Gasteiger partial charge in [-0.05, 0) is 56.6 Å². The zero-order chi connectivity index (χ0) is 34.1. The fraction of sp³-hybridized carbons (Fsp3) is 0.647. The van der Waals surface area contributed by atoms with Crippen LogP contribution in [0.2, 0.25) is 0 Å². The fourth-order valence-corrected chi connectivity index (χ4v) is 5.24. The van der Waals surface area contributed by atoms with E-state index in [4.69, 9.17) is 18.9 Å². The molecule has 264 valence electrons. The minimum atomic E-state index is -0.875. The predicted octanol–water partition coefficient (Wildman–Crippen LogP) is 3.35. The summed E-state index contributed by atoms with van der Waals surface area (Å²) in [6.07, 6.45) is 10.1. The Kier molecular flexibility index (Phi) is 21.0. The molecule has 0 radical (unpaired) electrons. The minimum absolute atomic E-state index is 0.0434. The van der Waals surface area contributed by atoms with Crippen LogP contribution in [-0.2, 0) is 39.8 Å². The van der Waals surface area contributed by atoms with Crippen molar-refractivity contribution >= 4 is 11.9 Å². The number of carbonyl (C=O) groups is 2. The van der Waals surface area contributed by atoms with Crippen LogP contribution >= 0.6 is 0 Å². The first-order valence-corrected chi connectivity index (χ1v) is 16.5. The maximum atomic E-state index is 12.7. The lowest BCUT2D eigenvalue weighted by molar-refractivity contribution is -0.758. The first kappa shape index (κ1) is 39.8. The highest BCUT2D eigenvalue weighted by atomic mass is 17.0. The second-order valence-corrected chi connectivity index (χ2v) is 11.2. The number of aryl methyl sites for hydroxylation is 1. The van der Waals surface area contributed by atoms with Gasteiger partial charge in [-0.3, -0.25) is 9.59 Å². The summed E-state index contributed by atoms with van der Waals surface area (Å²) in [4.78, 5) is 38.5. The van der Waals surface area contributed by atoms with E-state index in [0.717, 1.165) is 18.4 Å². The molecule has 0 aliphatic heterocycles. The molecular formula is C34H52N2O11. The molecule has 47 heavy (non-hydrogen) atoms. The average Bonchev–Trinajstić information content (AvgIpc) is 3.32. The van der Waals surface area contributed by atoms with Crippen molar-refractivity contribution in [2.45, 2.75) is 76.6 Å². The van der Waals surface area contributed by atoms with Gasteiger partial charge >= 0.3 is 5.97 Å². The molecule has 1 aromatic rings. The molecule has 1 aliphatic carbocycles. The number of ether oxygens (including phenoxy) is 4. The molecule has 1 amide bonds. The number of hydrogen-bond acceptors (Lipinski definition) is 11. The van der Waals surface area contributed by atoms with Gasteiger partial charge in [-0.15, -0.1) is 10.1 Å². The quantitative estimate of drug-likeness (QED) is 0.0435. The van der Waals surface area contributed by atoms with E-state index in [1.807, 2.05) is 61.6 Å². The number of benzene rings is 1. The zero-order valence-electron chi connectivity index (χ0n) is 27.4. The van der Waals surface area contributed by atoms with Crippen LogP contribution in [0.3, 0.4) is 0 Å². The maximum absolute atomic E-state index is 12.7. The molecule has 1 saturated carbocycles.